The van der Waals surface area contributed by atoms with Crippen LogP contribution in [0.2, 0.25) is 0 Å². The van der Waals surface area contributed by atoms with Crippen LogP contribution in [0.1, 0.15) is 56.2 Å². The van der Waals surface area contributed by atoms with Crippen molar-refractivity contribution in [3.63, 3.8) is 0 Å². The van der Waals surface area contributed by atoms with Gasteiger partial charge in [-0.05, 0) is 115 Å². The van der Waals surface area contributed by atoms with Crippen LogP contribution in [0, 0.1) is 6.92 Å². The van der Waals surface area contributed by atoms with Gasteiger partial charge in [0.25, 0.3) is 0 Å². The molecule has 1 aliphatic rings. The molecule has 0 heteroatoms. The molecule has 7 aromatic rings. The molecule has 0 bridgehead atoms. The van der Waals surface area contributed by atoms with Crippen molar-refractivity contribution in [2.45, 2.75) is 46.5 Å². The van der Waals surface area contributed by atoms with Gasteiger partial charge in [-0.3, -0.25) is 0 Å². The van der Waals surface area contributed by atoms with E-state index < -0.39 is 0 Å². The van der Waals surface area contributed by atoms with Crippen molar-refractivity contribution in [1.29, 1.82) is 0 Å². The molecule has 1 aliphatic carbocycles. The van der Waals surface area contributed by atoms with E-state index in [4.69, 9.17) is 0 Å². The fourth-order valence-electron chi connectivity index (χ4n) is 7.14. The highest BCUT2D eigenvalue weighted by atomic mass is 14.3. The van der Waals surface area contributed by atoms with Crippen molar-refractivity contribution in [2.75, 3.05) is 0 Å². The molecule has 0 spiro atoms. The molecule has 0 amide bonds. The van der Waals surface area contributed by atoms with Crippen LogP contribution < -0.4 is 0 Å². The summed E-state index contributed by atoms with van der Waals surface area (Å²) in [4.78, 5) is 0. The van der Waals surface area contributed by atoms with Crippen LogP contribution in [0.3, 0.4) is 0 Å². The maximum Gasteiger partial charge on any atom is 0.00920 e. The maximum atomic E-state index is 2.35. The van der Waals surface area contributed by atoms with Crippen molar-refractivity contribution in [2.24, 2.45) is 0 Å². The van der Waals surface area contributed by atoms with Crippen LogP contribution in [0.15, 0.2) is 157 Å². The van der Waals surface area contributed by atoms with E-state index >= 15 is 0 Å². The highest BCUT2D eigenvalue weighted by Crippen LogP contribution is 2.41. The number of hydrogen-bond acceptors (Lipinski definition) is 0. The zero-order chi connectivity index (χ0) is 32.3. The van der Waals surface area contributed by atoms with E-state index in [1.807, 2.05) is 0 Å². The standard InChI is InChI=1S/C44H34.C3H8/c1-29-42(12-7-13-43(29)44-25-24-33-9-5-6-11-41(33)30(44)2)34-17-14-32(15-18-34)36-20-21-39-28-40(23-22-38(39)27-36)37-19-16-31-8-3-4-10-35(31)26-37;1-3-2/h3-12,14-28,43H,13H2,1-2H3;3H2,1-2H3. The predicted octanol–water partition coefficient (Wildman–Crippen LogP) is 13.7. The first-order chi connectivity index (χ1) is 23.0. The number of hydrogen-bond donors (Lipinski definition) is 0. The van der Waals surface area contributed by atoms with Crippen LogP contribution in [-0.4, -0.2) is 0 Å². The summed E-state index contributed by atoms with van der Waals surface area (Å²) in [6.07, 6.45) is 6.97. The van der Waals surface area contributed by atoms with Gasteiger partial charge in [0.1, 0.15) is 0 Å². The molecule has 0 fully saturated rings. The Morgan fingerprint density at radius 2 is 0.957 bits per heavy atom. The minimum absolute atomic E-state index is 0.402. The minimum Gasteiger partial charge on any atom is -0.0830 e. The third kappa shape index (κ3) is 6.05. The van der Waals surface area contributed by atoms with Gasteiger partial charge in [0.15, 0.2) is 0 Å². The highest BCUT2D eigenvalue weighted by molar-refractivity contribution is 5.93. The molecular formula is C47H42. The quantitative estimate of drug-likeness (QED) is 0.187. The van der Waals surface area contributed by atoms with Crippen molar-refractivity contribution >= 4 is 37.9 Å². The molecule has 0 nitrogen and oxygen atoms in total. The summed E-state index contributed by atoms with van der Waals surface area (Å²) in [5, 5.41) is 7.75. The van der Waals surface area contributed by atoms with E-state index in [-0.39, 0.29) is 0 Å². The SMILES string of the molecule is CC1=C(c2ccc(-c3ccc4cc(-c5ccc6ccccc6c5)ccc4c3)cc2)C=CCC1c1ccc2ccccc2c1C.CCC. The third-order valence-corrected chi connectivity index (χ3v) is 9.67. The Hall–Kier alpha value is -5.20. The van der Waals surface area contributed by atoms with E-state index in [9.17, 15) is 0 Å². The lowest BCUT2D eigenvalue weighted by atomic mass is 9.78. The van der Waals surface area contributed by atoms with E-state index in [0.717, 1.165) is 6.42 Å². The normalized spacial score (nSPS) is 14.4. The Morgan fingerprint density at radius 1 is 0.489 bits per heavy atom. The Labute approximate surface area is 279 Å². The van der Waals surface area contributed by atoms with E-state index in [2.05, 4.69) is 179 Å². The molecule has 0 saturated carbocycles. The minimum atomic E-state index is 0.402. The number of fused-ring (bicyclic) bond motifs is 3. The lowest BCUT2D eigenvalue weighted by Crippen LogP contribution is -2.07. The fraction of sp³-hybridized carbons (Fsp3) is 0.149. The van der Waals surface area contributed by atoms with Gasteiger partial charge in [-0.2, -0.15) is 0 Å². The largest absolute Gasteiger partial charge is 0.0830 e. The lowest BCUT2D eigenvalue weighted by molar-refractivity contribution is 0.797. The number of rotatable bonds is 4. The zero-order valence-corrected chi connectivity index (χ0v) is 27.9. The average molecular weight is 607 g/mol. The van der Waals surface area contributed by atoms with Crippen molar-refractivity contribution in [3.8, 4) is 22.3 Å². The summed E-state index contributed by atoms with van der Waals surface area (Å²) in [6.45, 7) is 8.85. The molecule has 1 atom stereocenters. The molecule has 7 aromatic carbocycles. The lowest BCUT2D eigenvalue weighted by Gasteiger charge is -2.26. The monoisotopic (exact) mass is 606 g/mol. The van der Waals surface area contributed by atoms with Gasteiger partial charge in [0.2, 0.25) is 0 Å². The average Bonchev–Trinajstić information content (AvgIpc) is 3.12. The van der Waals surface area contributed by atoms with Gasteiger partial charge in [-0.1, -0.05) is 159 Å². The smallest absolute Gasteiger partial charge is 0.00920 e. The van der Waals surface area contributed by atoms with E-state index in [1.165, 1.54) is 88.8 Å². The second kappa shape index (κ2) is 13.3. The van der Waals surface area contributed by atoms with Gasteiger partial charge in [0.05, 0.1) is 0 Å². The summed E-state index contributed by atoms with van der Waals surface area (Å²) >= 11 is 0. The second-order valence-corrected chi connectivity index (χ2v) is 12.9. The summed E-state index contributed by atoms with van der Waals surface area (Å²) in [6, 6.07) is 51.4. The van der Waals surface area contributed by atoms with Crippen molar-refractivity contribution < 1.29 is 0 Å². The fourth-order valence-corrected chi connectivity index (χ4v) is 7.14. The van der Waals surface area contributed by atoms with E-state index in [1.54, 1.807) is 0 Å². The Balaban J connectivity index is 0.00000113. The molecule has 0 saturated heterocycles. The zero-order valence-electron chi connectivity index (χ0n) is 27.9. The second-order valence-electron chi connectivity index (χ2n) is 12.9. The molecule has 0 heterocycles. The first-order valence-corrected chi connectivity index (χ1v) is 17.0. The van der Waals surface area contributed by atoms with Crippen LogP contribution in [0.25, 0.3) is 60.1 Å². The van der Waals surface area contributed by atoms with Gasteiger partial charge < -0.3 is 0 Å². The van der Waals surface area contributed by atoms with Crippen LogP contribution in [-0.2, 0) is 0 Å². The highest BCUT2D eigenvalue weighted by Gasteiger charge is 2.21. The maximum absolute atomic E-state index is 2.35. The van der Waals surface area contributed by atoms with Crippen LogP contribution in [0.4, 0.5) is 0 Å². The summed E-state index contributed by atoms with van der Waals surface area (Å²) < 4.78 is 0. The van der Waals surface area contributed by atoms with Gasteiger partial charge in [-0.15, -0.1) is 0 Å². The Bertz CT molecular complexity index is 2280. The van der Waals surface area contributed by atoms with E-state index in [0.29, 0.717) is 5.92 Å². The third-order valence-electron chi connectivity index (χ3n) is 9.67. The molecule has 0 radical (unpaired) electrons. The number of aryl methyl sites for hydroxylation is 1. The predicted molar refractivity (Wildman–Crippen MR) is 206 cm³/mol. The molecular weight excluding hydrogens is 565 g/mol. The molecule has 8 rings (SSSR count). The Morgan fingerprint density at radius 3 is 1.62 bits per heavy atom. The van der Waals surface area contributed by atoms with Crippen LogP contribution >= 0.6 is 0 Å². The topological polar surface area (TPSA) is 0 Å². The van der Waals surface area contributed by atoms with Gasteiger partial charge in [-0.25, -0.2) is 0 Å². The number of allylic oxidation sites excluding steroid dienone is 4. The first kappa shape index (κ1) is 30.5. The molecule has 0 aromatic heterocycles. The molecule has 1 unspecified atom stereocenters. The molecule has 47 heavy (non-hydrogen) atoms. The molecule has 230 valence electrons. The van der Waals surface area contributed by atoms with Gasteiger partial charge >= 0.3 is 0 Å². The molecule has 0 N–H and O–H groups in total. The summed E-state index contributed by atoms with van der Waals surface area (Å²) in [5.74, 6) is 0.402. The van der Waals surface area contributed by atoms with Crippen LogP contribution in [0.5, 0.6) is 0 Å². The first-order valence-electron chi connectivity index (χ1n) is 17.0. The van der Waals surface area contributed by atoms with Crippen molar-refractivity contribution in [3.05, 3.63) is 174 Å². The summed E-state index contributed by atoms with van der Waals surface area (Å²) in [5.41, 5.74) is 11.9. The Kier molecular flexibility index (Phi) is 8.60. The molecule has 0 aliphatic heterocycles. The van der Waals surface area contributed by atoms with Crippen molar-refractivity contribution in [1.82, 2.24) is 0 Å². The van der Waals surface area contributed by atoms with Gasteiger partial charge in [0, 0.05) is 5.92 Å². The number of benzene rings is 7. The summed E-state index contributed by atoms with van der Waals surface area (Å²) in [7, 11) is 0.